The van der Waals surface area contributed by atoms with Crippen LogP contribution in [-0.4, -0.2) is 28.3 Å². The van der Waals surface area contributed by atoms with Crippen molar-refractivity contribution >= 4 is 28.3 Å². The minimum atomic E-state index is -0.740. The highest BCUT2D eigenvalue weighted by Gasteiger charge is 2.19. The summed E-state index contributed by atoms with van der Waals surface area (Å²) in [7, 11) is 0. The van der Waals surface area contributed by atoms with E-state index in [-0.39, 0.29) is 11.3 Å². The standard InChI is InChI=1S/C24H27N3O4/c1-4-5-8-13-27-23(29)19-10-7-6-9-18(19)22(26-27)24(30)31-15-21(28)25-20-12-11-16(2)14-17(20)3/h6-7,9-12,14H,4-5,8,13,15H2,1-3H3,(H,25,28). The number of nitrogens with zero attached hydrogens (tertiary/aromatic N) is 2. The Morgan fingerprint density at radius 3 is 2.52 bits per heavy atom. The number of aromatic nitrogens is 2. The number of hydrogen-bond acceptors (Lipinski definition) is 5. The summed E-state index contributed by atoms with van der Waals surface area (Å²) in [6.07, 6.45) is 2.75. The van der Waals surface area contributed by atoms with E-state index in [1.165, 1.54) is 4.68 Å². The zero-order valence-electron chi connectivity index (χ0n) is 18.1. The predicted molar refractivity (Wildman–Crippen MR) is 120 cm³/mol. The molecule has 1 amide bonds. The minimum Gasteiger partial charge on any atom is -0.451 e. The second-order valence-electron chi connectivity index (χ2n) is 7.57. The summed E-state index contributed by atoms with van der Waals surface area (Å²) in [6, 6.07) is 12.5. The monoisotopic (exact) mass is 421 g/mol. The van der Waals surface area contributed by atoms with Crippen LogP contribution in [0.4, 0.5) is 5.69 Å². The molecule has 0 fully saturated rings. The van der Waals surface area contributed by atoms with Gasteiger partial charge in [0.15, 0.2) is 12.3 Å². The van der Waals surface area contributed by atoms with Gasteiger partial charge in [0.25, 0.3) is 11.5 Å². The molecule has 0 saturated heterocycles. The van der Waals surface area contributed by atoms with Crippen molar-refractivity contribution in [3.8, 4) is 0 Å². The number of amides is 1. The number of esters is 1. The Balaban J connectivity index is 1.77. The van der Waals surface area contributed by atoms with Gasteiger partial charge in [0.1, 0.15) is 0 Å². The third kappa shape index (κ3) is 5.36. The van der Waals surface area contributed by atoms with Gasteiger partial charge in [-0.15, -0.1) is 0 Å². The van der Waals surface area contributed by atoms with Crippen LogP contribution in [0.5, 0.6) is 0 Å². The lowest BCUT2D eigenvalue weighted by molar-refractivity contribution is -0.119. The van der Waals surface area contributed by atoms with Crippen LogP contribution in [0, 0.1) is 13.8 Å². The van der Waals surface area contributed by atoms with Gasteiger partial charge in [-0.05, 0) is 38.0 Å². The van der Waals surface area contributed by atoms with Gasteiger partial charge in [-0.25, -0.2) is 9.48 Å². The predicted octanol–water partition coefficient (Wildman–Crippen LogP) is 4.00. The van der Waals surface area contributed by atoms with Crippen molar-refractivity contribution in [1.29, 1.82) is 0 Å². The number of anilines is 1. The number of fused-ring (bicyclic) bond motifs is 1. The van der Waals surface area contributed by atoms with Gasteiger partial charge in [-0.2, -0.15) is 5.10 Å². The van der Waals surface area contributed by atoms with Crippen molar-refractivity contribution in [2.24, 2.45) is 0 Å². The summed E-state index contributed by atoms with van der Waals surface area (Å²) in [5.74, 6) is -1.18. The van der Waals surface area contributed by atoms with E-state index in [1.807, 2.05) is 32.0 Å². The van der Waals surface area contributed by atoms with Crippen molar-refractivity contribution in [3.63, 3.8) is 0 Å². The van der Waals surface area contributed by atoms with Gasteiger partial charge in [0.05, 0.1) is 5.39 Å². The molecule has 31 heavy (non-hydrogen) atoms. The van der Waals surface area contributed by atoms with Crippen LogP contribution in [-0.2, 0) is 16.1 Å². The maximum absolute atomic E-state index is 12.7. The van der Waals surface area contributed by atoms with Crippen LogP contribution in [0.2, 0.25) is 0 Å². The molecule has 2 aromatic carbocycles. The van der Waals surface area contributed by atoms with Crippen LogP contribution < -0.4 is 10.9 Å². The van der Waals surface area contributed by atoms with E-state index in [9.17, 15) is 14.4 Å². The van der Waals surface area contributed by atoms with E-state index in [0.717, 1.165) is 30.4 Å². The third-order valence-electron chi connectivity index (χ3n) is 5.02. The Morgan fingerprint density at radius 1 is 1.06 bits per heavy atom. The molecule has 0 bridgehead atoms. The second-order valence-corrected chi connectivity index (χ2v) is 7.57. The van der Waals surface area contributed by atoms with Gasteiger partial charge in [-0.3, -0.25) is 9.59 Å². The number of rotatable bonds is 8. The number of benzene rings is 2. The summed E-state index contributed by atoms with van der Waals surface area (Å²) in [5, 5.41) is 7.82. The van der Waals surface area contributed by atoms with Gasteiger partial charge in [0, 0.05) is 17.6 Å². The Bertz CT molecular complexity index is 1170. The van der Waals surface area contributed by atoms with Crippen LogP contribution in [0.25, 0.3) is 10.8 Å². The van der Waals surface area contributed by atoms with Crippen molar-refractivity contribution in [2.75, 3.05) is 11.9 Å². The molecule has 3 aromatic rings. The Kier molecular flexibility index (Phi) is 7.18. The maximum Gasteiger partial charge on any atom is 0.359 e. The van der Waals surface area contributed by atoms with Crippen LogP contribution in [0.3, 0.4) is 0 Å². The van der Waals surface area contributed by atoms with Gasteiger partial charge >= 0.3 is 5.97 Å². The highest BCUT2D eigenvalue weighted by molar-refractivity contribution is 6.03. The first-order valence-corrected chi connectivity index (χ1v) is 10.4. The molecule has 0 unspecified atom stereocenters. The van der Waals surface area contributed by atoms with Crippen molar-refractivity contribution in [3.05, 3.63) is 69.6 Å². The third-order valence-corrected chi connectivity index (χ3v) is 5.02. The zero-order chi connectivity index (χ0) is 22.4. The summed E-state index contributed by atoms with van der Waals surface area (Å²) >= 11 is 0. The van der Waals surface area contributed by atoms with E-state index >= 15 is 0 Å². The number of unbranched alkanes of at least 4 members (excludes halogenated alkanes) is 2. The Labute approximate surface area is 181 Å². The highest BCUT2D eigenvalue weighted by Crippen LogP contribution is 2.17. The van der Waals surface area contributed by atoms with E-state index < -0.39 is 18.5 Å². The molecule has 7 nitrogen and oxygen atoms in total. The van der Waals surface area contributed by atoms with Crippen molar-refractivity contribution in [2.45, 2.75) is 46.6 Å². The number of carbonyl (C=O) groups excluding carboxylic acids is 2. The molecule has 0 saturated carbocycles. The van der Waals surface area contributed by atoms with E-state index in [1.54, 1.807) is 24.3 Å². The molecule has 0 atom stereocenters. The molecule has 0 aliphatic carbocycles. The summed E-state index contributed by atoms with van der Waals surface area (Å²) < 4.78 is 6.54. The molecule has 0 spiro atoms. The average molecular weight is 421 g/mol. The first-order chi connectivity index (χ1) is 14.9. The number of aryl methyl sites for hydroxylation is 3. The van der Waals surface area contributed by atoms with Crippen LogP contribution in [0.1, 0.15) is 47.8 Å². The molecule has 3 rings (SSSR count). The summed E-state index contributed by atoms with van der Waals surface area (Å²) in [6.45, 7) is 5.91. The molecule has 162 valence electrons. The number of carbonyl (C=O) groups is 2. The van der Waals surface area contributed by atoms with Crippen LogP contribution >= 0.6 is 0 Å². The van der Waals surface area contributed by atoms with E-state index in [4.69, 9.17) is 4.74 Å². The molecule has 1 N–H and O–H groups in total. The first kappa shape index (κ1) is 22.2. The lowest BCUT2D eigenvalue weighted by Crippen LogP contribution is -2.28. The van der Waals surface area contributed by atoms with Crippen molar-refractivity contribution < 1.29 is 14.3 Å². The minimum absolute atomic E-state index is 0.0333. The summed E-state index contributed by atoms with van der Waals surface area (Å²) in [4.78, 5) is 37.7. The molecule has 0 radical (unpaired) electrons. The fourth-order valence-electron chi connectivity index (χ4n) is 3.39. The van der Waals surface area contributed by atoms with E-state index in [2.05, 4.69) is 17.3 Å². The fourth-order valence-corrected chi connectivity index (χ4v) is 3.39. The topological polar surface area (TPSA) is 90.3 Å². The molecule has 0 aliphatic heterocycles. The fraction of sp³-hybridized carbons (Fsp3) is 0.333. The Hall–Kier alpha value is -3.48. The second kappa shape index (κ2) is 10.0. The number of hydrogen-bond donors (Lipinski definition) is 1. The Morgan fingerprint density at radius 2 is 1.81 bits per heavy atom. The average Bonchev–Trinajstić information content (AvgIpc) is 2.76. The molecular formula is C24H27N3O4. The zero-order valence-corrected chi connectivity index (χ0v) is 18.1. The van der Waals surface area contributed by atoms with Crippen LogP contribution in [0.15, 0.2) is 47.3 Å². The lowest BCUT2D eigenvalue weighted by atomic mass is 10.1. The van der Waals surface area contributed by atoms with Gasteiger partial charge < -0.3 is 10.1 Å². The molecular weight excluding hydrogens is 394 g/mol. The van der Waals surface area contributed by atoms with Crippen molar-refractivity contribution in [1.82, 2.24) is 9.78 Å². The number of ether oxygens (including phenoxy) is 1. The largest absolute Gasteiger partial charge is 0.451 e. The SMILES string of the molecule is CCCCCn1nc(C(=O)OCC(=O)Nc2ccc(C)cc2C)c2ccccc2c1=O. The quantitative estimate of drug-likeness (QED) is 0.439. The smallest absolute Gasteiger partial charge is 0.359 e. The van der Waals surface area contributed by atoms with Gasteiger partial charge in [0.2, 0.25) is 0 Å². The molecule has 0 aliphatic rings. The maximum atomic E-state index is 12.7. The van der Waals surface area contributed by atoms with Gasteiger partial charge in [-0.1, -0.05) is 55.7 Å². The van der Waals surface area contributed by atoms with E-state index in [0.29, 0.717) is 23.0 Å². The first-order valence-electron chi connectivity index (χ1n) is 10.4. The summed E-state index contributed by atoms with van der Waals surface area (Å²) in [5.41, 5.74) is 2.47. The molecule has 7 heteroatoms. The highest BCUT2D eigenvalue weighted by atomic mass is 16.5. The molecule has 1 aromatic heterocycles. The normalized spacial score (nSPS) is 10.8. The molecule has 1 heterocycles. The lowest BCUT2D eigenvalue weighted by Gasteiger charge is -2.12. The number of nitrogens with one attached hydrogen (secondary N) is 1.